The van der Waals surface area contributed by atoms with E-state index in [0.717, 1.165) is 42.8 Å². The van der Waals surface area contributed by atoms with Gasteiger partial charge in [0.2, 0.25) is 5.91 Å². The van der Waals surface area contributed by atoms with Crippen molar-refractivity contribution in [2.75, 3.05) is 19.6 Å². The maximum Gasteiger partial charge on any atom is 0.272 e. The monoisotopic (exact) mass is 639 g/mol. The van der Waals surface area contributed by atoms with Gasteiger partial charge in [0.1, 0.15) is 11.5 Å². The number of carbonyl (C=O) groups is 3. The second kappa shape index (κ2) is 14.3. The fourth-order valence-corrected chi connectivity index (χ4v) is 6.39. The van der Waals surface area contributed by atoms with E-state index in [1.807, 2.05) is 35.0 Å². The first kappa shape index (κ1) is 32.2. The van der Waals surface area contributed by atoms with Crippen molar-refractivity contribution < 1.29 is 18.8 Å². The van der Waals surface area contributed by atoms with Gasteiger partial charge in [-0.2, -0.15) is 10.2 Å². The molecule has 4 aromatic rings. The van der Waals surface area contributed by atoms with Gasteiger partial charge in [0.25, 0.3) is 11.8 Å². The van der Waals surface area contributed by atoms with Gasteiger partial charge < -0.3 is 15.5 Å². The van der Waals surface area contributed by atoms with Gasteiger partial charge in [-0.15, -0.1) is 0 Å². The number of halogens is 1. The number of carbonyl (C=O) groups excluding carboxylic acids is 3. The Morgan fingerprint density at radius 1 is 0.979 bits per heavy atom. The minimum absolute atomic E-state index is 0.0668. The number of nitrogens with zero attached hydrogens (tertiary/aromatic N) is 5. The van der Waals surface area contributed by atoms with Crippen LogP contribution in [0, 0.1) is 11.7 Å². The molecule has 0 fully saturated rings. The fraction of sp³-hybridized carbons (Fsp3) is 0.417. The van der Waals surface area contributed by atoms with Crippen LogP contribution in [0.25, 0.3) is 16.9 Å². The molecule has 0 spiro atoms. The van der Waals surface area contributed by atoms with Crippen molar-refractivity contribution in [3.63, 3.8) is 0 Å². The van der Waals surface area contributed by atoms with Crippen molar-refractivity contribution in [2.24, 2.45) is 5.92 Å². The number of nitrogens with one attached hydrogen (secondary N) is 2. The Bertz CT molecular complexity index is 1730. The molecule has 1 aliphatic heterocycles. The number of rotatable bonds is 6. The van der Waals surface area contributed by atoms with Crippen LogP contribution in [0.5, 0.6) is 0 Å². The molecule has 6 rings (SSSR count). The first-order valence-corrected chi connectivity index (χ1v) is 16.6. The van der Waals surface area contributed by atoms with Gasteiger partial charge in [-0.05, 0) is 80.8 Å². The summed E-state index contributed by atoms with van der Waals surface area (Å²) in [5.41, 5.74) is 4.68. The van der Waals surface area contributed by atoms with Crippen LogP contribution in [0.4, 0.5) is 4.39 Å². The van der Waals surface area contributed by atoms with Crippen LogP contribution < -0.4 is 10.6 Å². The molecule has 3 amide bonds. The minimum atomic E-state index is -0.377. The van der Waals surface area contributed by atoms with Crippen molar-refractivity contribution in [3.8, 4) is 16.9 Å². The summed E-state index contributed by atoms with van der Waals surface area (Å²) in [6.45, 7) is 6.19. The summed E-state index contributed by atoms with van der Waals surface area (Å²) < 4.78 is 17.4. The molecule has 1 atom stereocenters. The van der Waals surface area contributed by atoms with Crippen molar-refractivity contribution in [1.29, 1.82) is 0 Å². The molecule has 246 valence electrons. The predicted octanol–water partition coefficient (Wildman–Crippen LogP) is 4.95. The van der Waals surface area contributed by atoms with Gasteiger partial charge >= 0.3 is 0 Å². The number of hydrogen-bond donors (Lipinski definition) is 2. The van der Waals surface area contributed by atoms with E-state index in [2.05, 4.69) is 24.5 Å². The second-order valence-electron chi connectivity index (χ2n) is 12.9. The number of para-hydroxylation sites is 1. The Morgan fingerprint density at radius 3 is 2.51 bits per heavy atom. The third-order valence-corrected chi connectivity index (χ3v) is 8.94. The zero-order chi connectivity index (χ0) is 32.9. The van der Waals surface area contributed by atoms with E-state index < -0.39 is 0 Å². The molecule has 2 aliphatic rings. The molecule has 47 heavy (non-hydrogen) atoms. The lowest BCUT2D eigenvalue weighted by atomic mass is 9.91. The van der Waals surface area contributed by atoms with E-state index in [1.54, 1.807) is 27.9 Å². The van der Waals surface area contributed by atoms with E-state index in [-0.39, 0.29) is 36.0 Å². The van der Waals surface area contributed by atoms with E-state index in [0.29, 0.717) is 67.3 Å². The van der Waals surface area contributed by atoms with Crippen LogP contribution in [0.15, 0.2) is 60.8 Å². The van der Waals surface area contributed by atoms with Gasteiger partial charge in [0, 0.05) is 61.7 Å². The summed E-state index contributed by atoms with van der Waals surface area (Å²) in [6, 6.07) is 15.3. The molecule has 2 aromatic carbocycles. The van der Waals surface area contributed by atoms with Crippen LogP contribution in [-0.4, -0.2) is 67.9 Å². The van der Waals surface area contributed by atoms with Crippen LogP contribution in [0.1, 0.15) is 78.1 Å². The lowest BCUT2D eigenvalue weighted by Gasteiger charge is -2.25. The smallest absolute Gasteiger partial charge is 0.272 e. The first-order chi connectivity index (χ1) is 22.8. The molecule has 2 bridgehead atoms. The lowest BCUT2D eigenvalue weighted by molar-refractivity contribution is -0.122. The van der Waals surface area contributed by atoms with Crippen molar-refractivity contribution >= 4 is 17.7 Å². The van der Waals surface area contributed by atoms with Gasteiger partial charge in [0.05, 0.1) is 11.3 Å². The Hall–Kier alpha value is -4.80. The fourth-order valence-electron chi connectivity index (χ4n) is 6.39. The molecule has 1 unspecified atom stereocenters. The molecule has 10 nitrogen and oxygen atoms in total. The number of aryl methyl sites for hydroxylation is 1. The Labute approximate surface area is 274 Å². The summed E-state index contributed by atoms with van der Waals surface area (Å²) in [6.07, 6.45) is 6.07. The number of hydrogen-bond acceptors (Lipinski definition) is 5. The topological polar surface area (TPSA) is 114 Å². The Balaban J connectivity index is 1.25. The van der Waals surface area contributed by atoms with E-state index in [1.165, 1.54) is 12.1 Å². The summed E-state index contributed by atoms with van der Waals surface area (Å²) in [5.74, 6) is -0.402. The van der Waals surface area contributed by atoms with Crippen molar-refractivity contribution in [3.05, 3.63) is 89.1 Å². The molecular weight excluding hydrogens is 597 g/mol. The SMILES string of the molecule is CC(C)CCn1nc2c3c1CCC(C3)NC(=O)CCCN(C(=O)c1cn(-c3ccccc3)nc1-c1ccc(F)cc1)CCCNC2=O. The number of fused-ring (bicyclic) bond motifs is 1. The van der Waals surface area contributed by atoms with Crippen LogP contribution in [-0.2, 0) is 24.2 Å². The number of aromatic nitrogens is 4. The zero-order valence-corrected chi connectivity index (χ0v) is 27.0. The zero-order valence-electron chi connectivity index (χ0n) is 27.0. The van der Waals surface area contributed by atoms with Gasteiger partial charge in [-0.25, -0.2) is 9.07 Å². The first-order valence-electron chi connectivity index (χ1n) is 16.6. The Morgan fingerprint density at radius 2 is 1.74 bits per heavy atom. The normalized spacial score (nSPS) is 17.5. The van der Waals surface area contributed by atoms with E-state index in [4.69, 9.17) is 10.2 Å². The minimum Gasteiger partial charge on any atom is -0.353 e. The third-order valence-electron chi connectivity index (χ3n) is 8.94. The largest absolute Gasteiger partial charge is 0.353 e. The number of amides is 3. The molecule has 11 heteroatoms. The maximum atomic E-state index is 14.2. The highest BCUT2D eigenvalue weighted by Gasteiger charge is 2.30. The molecular formula is C36H42FN7O3. The van der Waals surface area contributed by atoms with Crippen LogP contribution >= 0.6 is 0 Å². The van der Waals surface area contributed by atoms with Crippen LogP contribution in [0.3, 0.4) is 0 Å². The predicted molar refractivity (Wildman–Crippen MR) is 177 cm³/mol. The highest BCUT2D eigenvalue weighted by atomic mass is 19.1. The summed E-state index contributed by atoms with van der Waals surface area (Å²) >= 11 is 0. The van der Waals surface area contributed by atoms with E-state index >= 15 is 0 Å². The molecule has 1 aliphatic carbocycles. The summed E-state index contributed by atoms with van der Waals surface area (Å²) in [7, 11) is 0. The second-order valence-corrected chi connectivity index (χ2v) is 12.9. The lowest BCUT2D eigenvalue weighted by Crippen LogP contribution is -2.40. The third kappa shape index (κ3) is 7.45. The average molecular weight is 640 g/mol. The maximum absolute atomic E-state index is 14.2. The molecule has 0 radical (unpaired) electrons. The standard InChI is InChI=1S/C36H42FN7O3/c1-24(2)17-21-43-31-16-15-27-22-29(31)34(41-43)35(46)38-18-7-20-42(19-6-10-32(45)39-27)36(47)30-23-44(28-8-4-3-5-9-28)40-33(30)25-11-13-26(37)14-12-25/h3-5,8-9,11-14,23-24,27H,6-7,10,15-22H2,1-2H3,(H,38,46)(H,39,45). The van der Waals surface area contributed by atoms with Crippen molar-refractivity contribution in [2.45, 2.75) is 71.4 Å². The molecule has 2 aromatic heterocycles. The number of benzene rings is 2. The molecule has 3 heterocycles. The summed E-state index contributed by atoms with van der Waals surface area (Å²) in [4.78, 5) is 42.5. The quantitative estimate of drug-likeness (QED) is 0.310. The average Bonchev–Trinajstić information content (AvgIpc) is 3.67. The molecule has 0 saturated heterocycles. The van der Waals surface area contributed by atoms with Crippen LogP contribution in [0.2, 0.25) is 0 Å². The van der Waals surface area contributed by atoms with Gasteiger partial charge in [-0.1, -0.05) is 32.0 Å². The van der Waals surface area contributed by atoms with Gasteiger partial charge in [-0.3, -0.25) is 19.1 Å². The Kier molecular flexibility index (Phi) is 9.79. The van der Waals surface area contributed by atoms with E-state index in [9.17, 15) is 18.8 Å². The highest BCUT2D eigenvalue weighted by Crippen LogP contribution is 2.28. The highest BCUT2D eigenvalue weighted by molar-refractivity contribution is 6.00. The molecule has 2 N–H and O–H groups in total. The van der Waals surface area contributed by atoms with Gasteiger partial charge in [0.15, 0.2) is 5.69 Å². The summed E-state index contributed by atoms with van der Waals surface area (Å²) in [5, 5.41) is 15.7. The molecule has 0 saturated carbocycles. The van der Waals surface area contributed by atoms with Crippen molar-refractivity contribution in [1.82, 2.24) is 35.1 Å².